The van der Waals surface area contributed by atoms with Gasteiger partial charge in [0.2, 0.25) is 0 Å². The van der Waals surface area contributed by atoms with Crippen LogP contribution in [0.5, 0.6) is 0 Å². The summed E-state index contributed by atoms with van der Waals surface area (Å²) in [5, 5.41) is 0. The van der Waals surface area contributed by atoms with Gasteiger partial charge in [-0.2, -0.15) is 0 Å². The average Bonchev–Trinajstić information content (AvgIpc) is 2.35. The van der Waals surface area contributed by atoms with E-state index in [1.165, 1.54) is 0 Å². The first-order chi connectivity index (χ1) is 8.92. The highest BCUT2D eigenvalue weighted by Crippen LogP contribution is 2.31. The minimum absolute atomic E-state index is 0.180. The molecule has 2 aliphatic carbocycles. The molecule has 0 saturated carbocycles. The Morgan fingerprint density at radius 3 is 2.11 bits per heavy atom. The molecule has 1 unspecified atom stereocenters. The highest BCUT2D eigenvalue weighted by Gasteiger charge is 2.23. The first-order valence-electron chi connectivity index (χ1n) is 7.03. The van der Waals surface area contributed by atoms with Crippen molar-refractivity contribution in [2.45, 2.75) is 46.1 Å². The molecule has 0 aliphatic heterocycles. The van der Waals surface area contributed by atoms with E-state index in [0.717, 1.165) is 31.0 Å². The van der Waals surface area contributed by atoms with E-state index in [9.17, 15) is 0 Å². The minimum atomic E-state index is -0.180. The van der Waals surface area contributed by atoms with E-state index in [-0.39, 0.29) is 11.0 Å². The molecule has 2 nitrogen and oxygen atoms in total. The van der Waals surface area contributed by atoms with Gasteiger partial charge < -0.3 is 9.47 Å². The monoisotopic (exact) mass is 260 g/mol. The van der Waals surface area contributed by atoms with Crippen LogP contribution in [0.25, 0.3) is 0 Å². The van der Waals surface area contributed by atoms with Crippen LogP contribution < -0.4 is 0 Å². The molecule has 0 aromatic rings. The standard InChI is InChI=1S/C17H24O2/c1-5-18-17(4)12-8-15(9-13-17)19-14-6-10-16(2,3)11-7-14/h6-10,12H,5,11,13H2,1-4H3. The molecule has 2 rings (SSSR count). The SMILES string of the molecule is CCOC1(C)C=CC(OC2=CCC(C)(C)C=C2)=CC1. The summed E-state index contributed by atoms with van der Waals surface area (Å²) in [5.41, 5.74) is 0.0670. The van der Waals surface area contributed by atoms with Crippen molar-refractivity contribution in [1.29, 1.82) is 0 Å². The summed E-state index contributed by atoms with van der Waals surface area (Å²) >= 11 is 0. The molecule has 0 heterocycles. The second-order valence-electron chi connectivity index (χ2n) is 6.12. The zero-order valence-corrected chi connectivity index (χ0v) is 12.4. The molecular weight excluding hydrogens is 236 g/mol. The fourth-order valence-corrected chi connectivity index (χ4v) is 2.23. The van der Waals surface area contributed by atoms with Gasteiger partial charge in [-0.25, -0.2) is 0 Å². The molecule has 0 radical (unpaired) electrons. The van der Waals surface area contributed by atoms with E-state index >= 15 is 0 Å². The second-order valence-corrected chi connectivity index (χ2v) is 6.12. The highest BCUT2D eigenvalue weighted by molar-refractivity contribution is 5.28. The molecule has 0 amide bonds. The van der Waals surface area contributed by atoms with Crippen LogP contribution in [0.3, 0.4) is 0 Å². The first-order valence-corrected chi connectivity index (χ1v) is 7.03. The van der Waals surface area contributed by atoms with Gasteiger partial charge >= 0.3 is 0 Å². The van der Waals surface area contributed by atoms with Crippen molar-refractivity contribution in [2.75, 3.05) is 6.61 Å². The third kappa shape index (κ3) is 3.84. The molecule has 2 heteroatoms. The van der Waals surface area contributed by atoms with Gasteiger partial charge in [0.1, 0.15) is 11.5 Å². The smallest absolute Gasteiger partial charge is 0.123 e. The summed E-state index contributed by atoms with van der Waals surface area (Å²) in [4.78, 5) is 0. The van der Waals surface area contributed by atoms with Crippen molar-refractivity contribution in [3.63, 3.8) is 0 Å². The van der Waals surface area contributed by atoms with Crippen molar-refractivity contribution in [1.82, 2.24) is 0 Å². The Balaban J connectivity index is 1.93. The highest BCUT2D eigenvalue weighted by atomic mass is 16.5. The number of ether oxygens (including phenoxy) is 2. The molecule has 0 fully saturated rings. The van der Waals surface area contributed by atoms with Crippen LogP contribution in [0.2, 0.25) is 0 Å². The molecule has 1 atom stereocenters. The molecule has 0 aromatic heterocycles. The first kappa shape index (κ1) is 14.1. The lowest BCUT2D eigenvalue weighted by Gasteiger charge is -2.28. The third-order valence-electron chi connectivity index (χ3n) is 3.55. The summed E-state index contributed by atoms with van der Waals surface area (Å²) in [6, 6.07) is 0. The fourth-order valence-electron chi connectivity index (χ4n) is 2.23. The van der Waals surface area contributed by atoms with E-state index in [1.54, 1.807) is 0 Å². The van der Waals surface area contributed by atoms with Crippen LogP contribution >= 0.6 is 0 Å². The van der Waals surface area contributed by atoms with Gasteiger partial charge in [-0.15, -0.1) is 0 Å². The largest absolute Gasteiger partial charge is 0.458 e. The van der Waals surface area contributed by atoms with Crippen molar-refractivity contribution < 1.29 is 9.47 Å². The van der Waals surface area contributed by atoms with E-state index in [2.05, 4.69) is 51.2 Å². The van der Waals surface area contributed by atoms with Crippen LogP contribution in [0, 0.1) is 5.41 Å². The summed E-state index contributed by atoms with van der Waals surface area (Å²) in [6.07, 6.45) is 14.5. The van der Waals surface area contributed by atoms with Gasteiger partial charge in [-0.3, -0.25) is 0 Å². The van der Waals surface area contributed by atoms with Crippen molar-refractivity contribution in [3.05, 3.63) is 48.0 Å². The molecule has 0 saturated heterocycles. The predicted octanol–water partition coefficient (Wildman–Crippen LogP) is 4.51. The molecule has 104 valence electrons. The van der Waals surface area contributed by atoms with Crippen LogP contribution in [0.4, 0.5) is 0 Å². The lowest BCUT2D eigenvalue weighted by molar-refractivity contribution is 0.0139. The van der Waals surface area contributed by atoms with Crippen molar-refractivity contribution in [2.24, 2.45) is 5.41 Å². The van der Waals surface area contributed by atoms with Crippen LogP contribution in [-0.2, 0) is 9.47 Å². The average molecular weight is 260 g/mol. The Kier molecular flexibility index (Phi) is 4.00. The maximum Gasteiger partial charge on any atom is 0.123 e. The van der Waals surface area contributed by atoms with Crippen molar-refractivity contribution in [3.8, 4) is 0 Å². The topological polar surface area (TPSA) is 18.5 Å². The summed E-state index contributed by atoms with van der Waals surface area (Å²) < 4.78 is 11.6. The van der Waals surface area contributed by atoms with Gasteiger partial charge in [0.15, 0.2) is 0 Å². The van der Waals surface area contributed by atoms with Gasteiger partial charge in [0.25, 0.3) is 0 Å². The molecular formula is C17H24O2. The van der Waals surface area contributed by atoms with E-state index in [1.807, 2.05) is 13.0 Å². The number of allylic oxidation sites excluding steroid dienone is 4. The second kappa shape index (κ2) is 5.38. The minimum Gasteiger partial charge on any atom is -0.458 e. The summed E-state index contributed by atoms with van der Waals surface area (Å²) in [7, 11) is 0. The Bertz CT molecular complexity index is 452. The molecule has 2 aliphatic rings. The lowest BCUT2D eigenvalue weighted by Crippen LogP contribution is -2.27. The Labute approximate surface area is 116 Å². The zero-order valence-electron chi connectivity index (χ0n) is 12.4. The fraction of sp³-hybridized carbons (Fsp3) is 0.529. The number of hydrogen-bond acceptors (Lipinski definition) is 2. The Morgan fingerprint density at radius 2 is 1.63 bits per heavy atom. The normalized spacial score (nSPS) is 28.8. The summed E-state index contributed by atoms with van der Waals surface area (Å²) in [5.74, 6) is 1.85. The molecule has 0 spiro atoms. The lowest BCUT2D eigenvalue weighted by atomic mass is 9.86. The van der Waals surface area contributed by atoms with Crippen LogP contribution in [0.15, 0.2) is 48.0 Å². The summed E-state index contributed by atoms with van der Waals surface area (Å²) in [6.45, 7) is 9.30. The quantitative estimate of drug-likeness (QED) is 0.740. The molecule has 0 aromatic carbocycles. The van der Waals surface area contributed by atoms with E-state index in [4.69, 9.17) is 9.47 Å². The van der Waals surface area contributed by atoms with Gasteiger partial charge in [0, 0.05) is 13.0 Å². The van der Waals surface area contributed by atoms with Crippen LogP contribution in [-0.4, -0.2) is 12.2 Å². The number of hydrogen-bond donors (Lipinski definition) is 0. The molecule has 0 bridgehead atoms. The maximum atomic E-state index is 5.89. The van der Waals surface area contributed by atoms with Crippen LogP contribution in [0.1, 0.15) is 40.5 Å². The van der Waals surface area contributed by atoms with Gasteiger partial charge in [-0.05, 0) is 56.1 Å². The molecule has 0 N–H and O–H groups in total. The Hall–Kier alpha value is -1.28. The van der Waals surface area contributed by atoms with E-state index < -0.39 is 0 Å². The van der Waals surface area contributed by atoms with Gasteiger partial charge in [-0.1, -0.05) is 19.9 Å². The maximum absolute atomic E-state index is 5.89. The van der Waals surface area contributed by atoms with E-state index in [0.29, 0.717) is 0 Å². The Morgan fingerprint density at radius 1 is 1.00 bits per heavy atom. The predicted molar refractivity (Wildman–Crippen MR) is 78.6 cm³/mol. The van der Waals surface area contributed by atoms with Gasteiger partial charge in [0.05, 0.1) is 5.60 Å². The zero-order chi connectivity index (χ0) is 13.9. The van der Waals surface area contributed by atoms with Crippen molar-refractivity contribution >= 4 is 0 Å². The number of rotatable bonds is 4. The molecule has 19 heavy (non-hydrogen) atoms. The third-order valence-corrected chi connectivity index (χ3v) is 3.55.